The number of hydrogen-bond donors (Lipinski definition) is 2. The zero-order chi connectivity index (χ0) is 25.0. The first-order valence-corrected chi connectivity index (χ1v) is 14.9. The summed E-state index contributed by atoms with van der Waals surface area (Å²) in [6.45, 7) is 12.5. The van der Waals surface area contributed by atoms with Gasteiger partial charge in [-0.15, -0.1) is 0 Å². The summed E-state index contributed by atoms with van der Waals surface area (Å²) in [5, 5.41) is 22.4. The Morgan fingerprint density at radius 3 is 2.51 bits per heavy atom. The zero-order valence-corrected chi connectivity index (χ0v) is 22.7. The van der Waals surface area contributed by atoms with Crippen molar-refractivity contribution in [3.8, 4) is 0 Å². The van der Waals surface area contributed by atoms with Crippen molar-refractivity contribution < 1.29 is 19.7 Å². The van der Waals surface area contributed by atoms with Crippen molar-refractivity contribution in [2.45, 2.75) is 117 Å². The Balaban J connectivity index is 1.32. The van der Waals surface area contributed by atoms with E-state index in [1.165, 1.54) is 25.7 Å². The molecule has 4 saturated carbocycles. The van der Waals surface area contributed by atoms with Gasteiger partial charge in [0.2, 0.25) is 0 Å². The number of carbonyl (C=O) groups is 1. The van der Waals surface area contributed by atoms with E-state index in [0.717, 1.165) is 58.0 Å². The molecule has 1 heterocycles. The van der Waals surface area contributed by atoms with Crippen molar-refractivity contribution in [3.63, 3.8) is 0 Å². The maximum atomic E-state index is 11.9. The molecule has 0 bridgehead atoms. The van der Waals surface area contributed by atoms with Gasteiger partial charge in [-0.2, -0.15) is 0 Å². The summed E-state index contributed by atoms with van der Waals surface area (Å²) < 4.78 is 5.33. The molecule has 35 heavy (non-hydrogen) atoms. The lowest BCUT2D eigenvalue weighted by molar-refractivity contribution is -0.203. The molecule has 0 spiro atoms. The van der Waals surface area contributed by atoms with Crippen molar-refractivity contribution in [1.82, 2.24) is 4.90 Å². The fourth-order valence-electron chi connectivity index (χ4n) is 10.8. The molecule has 12 atom stereocenters. The minimum atomic E-state index is -0.210. The summed E-state index contributed by atoms with van der Waals surface area (Å²) in [6.07, 6.45) is 11.9. The Morgan fingerprint density at radius 2 is 1.77 bits per heavy atom. The van der Waals surface area contributed by atoms with Gasteiger partial charge in [-0.05, 0) is 116 Å². The highest BCUT2D eigenvalue weighted by atomic mass is 16.5. The summed E-state index contributed by atoms with van der Waals surface area (Å²) in [5.41, 5.74) is 0.596. The molecule has 5 aliphatic rings. The molecule has 0 aromatic rings. The highest BCUT2D eigenvalue weighted by molar-refractivity contribution is 5.37. The standard InChI is InChI=1S/C30H51NO4/c1-5-21-25-17-20(33)10-13-30(25,4)24-11-14-29(3)22(8-9-23(29)27(24)28(21)34)19(2)12-16-31-15-6-7-26(31)35-18-32/h18-28,33-34H,5-17H2,1-4H3/t19-,20-,21-,22-,23+,24+,25+,26-,27+,28-,29-,30-/m1/s1. The summed E-state index contributed by atoms with van der Waals surface area (Å²) in [6, 6.07) is 0. The first-order chi connectivity index (χ1) is 16.7. The van der Waals surface area contributed by atoms with Gasteiger partial charge in [0.1, 0.15) is 0 Å². The lowest BCUT2D eigenvalue weighted by Gasteiger charge is -2.64. The predicted molar refractivity (Wildman–Crippen MR) is 137 cm³/mol. The molecule has 0 radical (unpaired) electrons. The maximum Gasteiger partial charge on any atom is 0.294 e. The molecule has 5 nitrogen and oxygen atoms in total. The fraction of sp³-hybridized carbons (Fsp3) is 0.967. The van der Waals surface area contributed by atoms with E-state index in [1.807, 2.05) is 0 Å². The van der Waals surface area contributed by atoms with Crippen LogP contribution in [0.3, 0.4) is 0 Å². The van der Waals surface area contributed by atoms with Crippen LogP contribution in [0.1, 0.15) is 98.3 Å². The van der Waals surface area contributed by atoms with Gasteiger partial charge in [-0.25, -0.2) is 0 Å². The quantitative estimate of drug-likeness (QED) is 0.479. The van der Waals surface area contributed by atoms with Crippen LogP contribution < -0.4 is 0 Å². The van der Waals surface area contributed by atoms with E-state index in [2.05, 4.69) is 32.6 Å². The number of likely N-dealkylation sites (tertiary alicyclic amines) is 1. The van der Waals surface area contributed by atoms with E-state index >= 15 is 0 Å². The first-order valence-electron chi connectivity index (χ1n) is 14.9. The molecular formula is C30H51NO4. The van der Waals surface area contributed by atoms with Crippen LogP contribution in [0.25, 0.3) is 0 Å². The van der Waals surface area contributed by atoms with Gasteiger partial charge in [0.25, 0.3) is 6.47 Å². The molecule has 200 valence electrons. The number of carbonyl (C=O) groups excluding carboxylic acids is 1. The third kappa shape index (κ3) is 4.20. The van der Waals surface area contributed by atoms with Crippen molar-refractivity contribution in [2.75, 3.05) is 13.1 Å². The van der Waals surface area contributed by atoms with Crippen LogP contribution in [0.2, 0.25) is 0 Å². The molecular weight excluding hydrogens is 438 g/mol. The second kappa shape index (κ2) is 9.91. The van der Waals surface area contributed by atoms with E-state index < -0.39 is 0 Å². The van der Waals surface area contributed by atoms with Crippen LogP contribution in [0.15, 0.2) is 0 Å². The Kier molecular flexibility index (Phi) is 7.35. The number of aliphatic hydroxyl groups excluding tert-OH is 2. The normalized spacial score (nSPS) is 50.7. The monoisotopic (exact) mass is 489 g/mol. The molecule has 0 amide bonds. The SMILES string of the molecule is CC[C@H]1[C@@H](O)[C@@H]2[C@H](CC[C@]3(C)[C@@H]([C@H](C)CCN4CCC[C@H]4OC=O)CC[C@@H]23)[C@@]2(C)CC[C@@H](O)C[C@@H]12. The predicted octanol–water partition coefficient (Wildman–Crippen LogP) is 5.23. The van der Waals surface area contributed by atoms with Gasteiger partial charge in [0.05, 0.1) is 12.2 Å². The molecule has 1 saturated heterocycles. The van der Waals surface area contributed by atoms with Crippen molar-refractivity contribution in [3.05, 3.63) is 0 Å². The Hall–Kier alpha value is -0.650. The molecule has 0 aromatic carbocycles. The number of fused-ring (bicyclic) bond motifs is 5. The van der Waals surface area contributed by atoms with Crippen molar-refractivity contribution in [2.24, 2.45) is 52.3 Å². The second-order valence-electron chi connectivity index (χ2n) is 13.8. The van der Waals surface area contributed by atoms with Crippen LogP contribution in [0.4, 0.5) is 0 Å². The number of aliphatic hydroxyl groups is 2. The van der Waals surface area contributed by atoms with Gasteiger partial charge < -0.3 is 14.9 Å². The fourth-order valence-corrected chi connectivity index (χ4v) is 10.8. The summed E-state index contributed by atoms with van der Waals surface area (Å²) in [4.78, 5) is 13.3. The van der Waals surface area contributed by atoms with Crippen LogP contribution in [-0.2, 0) is 9.53 Å². The van der Waals surface area contributed by atoms with Crippen LogP contribution >= 0.6 is 0 Å². The van der Waals surface area contributed by atoms with Crippen molar-refractivity contribution >= 4 is 6.47 Å². The molecule has 1 aliphatic heterocycles. The first kappa shape index (κ1) is 26.0. The second-order valence-corrected chi connectivity index (χ2v) is 13.8. The Bertz CT molecular complexity index is 761. The maximum absolute atomic E-state index is 11.9. The van der Waals surface area contributed by atoms with Gasteiger partial charge in [0.15, 0.2) is 6.23 Å². The molecule has 5 rings (SSSR count). The number of rotatable bonds is 7. The minimum absolute atomic E-state index is 0.0203. The van der Waals surface area contributed by atoms with Gasteiger partial charge in [-0.3, -0.25) is 9.69 Å². The van der Waals surface area contributed by atoms with E-state index in [0.29, 0.717) is 53.3 Å². The average Bonchev–Trinajstić information content (AvgIpc) is 3.42. The van der Waals surface area contributed by atoms with Crippen LogP contribution in [0, 0.1) is 52.3 Å². The largest absolute Gasteiger partial charge is 0.449 e. The summed E-state index contributed by atoms with van der Waals surface area (Å²) in [5.74, 6) is 3.82. The highest BCUT2D eigenvalue weighted by Gasteiger charge is 2.64. The smallest absolute Gasteiger partial charge is 0.294 e. The van der Waals surface area contributed by atoms with E-state index in [4.69, 9.17) is 4.74 Å². The third-order valence-electron chi connectivity index (χ3n) is 12.5. The zero-order valence-electron chi connectivity index (χ0n) is 22.7. The lowest BCUT2D eigenvalue weighted by atomic mass is 9.41. The number of hydrogen-bond acceptors (Lipinski definition) is 5. The van der Waals surface area contributed by atoms with Crippen LogP contribution in [0.5, 0.6) is 0 Å². The molecule has 5 heteroatoms. The minimum Gasteiger partial charge on any atom is -0.449 e. The molecule has 0 unspecified atom stereocenters. The molecule has 0 aromatic heterocycles. The van der Waals surface area contributed by atoms with Crippen LogP contribution in [-0.4, -0.2) is 53.1 Å². The molecule has 2 N–H and O–H groups in total. The number of ether oxygens (including phenoxy) is 1. The lowest BCUT2D eigenvalue weighted by Crippen LogP contribution is -2.62. The number of nitrogens with zero attached hydrogens (tertiary/aromatic N) is 1. The van der Waals surface area contributed by atoms with E-state index in [-0.39, 0.29) is 23.9 Å². The molecule has 4 aliphatic carbocycles. The van der Waals surface area contributed by atoms with E-state index in [9.17, 15) is 15.0 Å². The van der Waals surface area contributed by atoms with E-state index in [1.54, 1.807) is 0 Å². The molecule has 5 fully saturated rings. The van der Waals surface area contributed by atoms with Gasteiger partial charge in [-0.1, -0.05) is 34.1 Å². The topological polar surface area (TPSA) is 70.0 Å². The third-order valence-corrected chi connectivity index (χ3v) is 12.5. The summed E-state index contributed by atoms with van der Waals surface area (Å²) >= 11 is 0. The average molecular weight is 490 g/mol. The Morgan fingerprint density at radius 1 is 1.03 bits per heavy atom. The highest BCUT2D eigenvalue weighted by Crippen LogP contribution is 2.69. The summed E-state index contributed by atoms with van der Waals surface area (Å²) in [7, 11) is 0. The van der Waals surface area contributed by atoms with Crippen molar-refractivity contribution in [1.29, 1.82) is 0 Å². The Labute approximate surface area is 213 Å². The van der Waals surface area contributed by atoms with Gasteiger partial charge >= 0.3 is 0 Å². The van der Waals surface area contributed by atoms with Gasteiger partial charge in [0, 0.05) is 13.1 Å².